The second-order valence-electron chi connectivity index (χ2n) is 6.58. The lowest BCUT2D eigenvalue weighted by atomic mass is 10.1. The molecule has 0 aromatic carbocycles. The number of halogens is 3. The van der Waals surface area contributed by atoms with Crippen LogP contribution in [0, 0.1) is 0 Å². The minimum absolute atomic E-state index is 0.0240. The van der Waals surface area contributed by atoms with E-state index in [1.165, 1.54) is 16.9 Å². The third kappa shape index (κ3) is 3.26. The smallest absolute Gasteiger partial charge is 0.337 e. The zero-order valence-corrected chi connectivity index (χ0v) is 14.6. The summed E-state index contributed by atoms with van der Waals surface area (Å²) >= 11 is 0. The Kier molecular flexibility index (Phi) is 4.12. The highest BCUT2D eigenvalue weighted by molar-refractivity contribution is 5.93. The molecule has 7 nitrogen and oxygen atoms in total. The van der Waals surface area contributed by atoms with Crippen LogP contribution in [0.4, 0.5) is 13.2 Å². The molecule has 1 fully saturated rings. The number of hydrogen-bond acceptors (Lipinski definition) is 4. The Balaban J connectivity index is 1.82. The summed E-state index contributed by atoms with van der Waals surface area (Å²) in [7, 11) is 1.67. The van der Waals surface area contributed by atoms with Crippen LogP contribution < -0.4 is 0 Å². The fourth-order valence-corrected chi connectivity index (χ4v) is 3.24. The van der Waals surface area contributed by atoms with Crippen molar-refractivity contribution < 1.29 is 18.0 Å². The maximum Gasteiger partial charge on any atom is 0.433 e. The molecule has 142 valence electrons. The van der Waals surface area contributed by atoms with Crippen LogP contribution in [0.25, 0.3) is 16.9 Å². The molecule has 3 aromatic heterocycles. The molecule has 0 unspecified atom stereocenters. The van der Waals surface area contributed by atoms with Crippen LogP contribution in [0.15, 0.2) is 24.5 Å². The highest BCUT2D eigenvalue weighted by Crippen LogP contribution is 2.32. The normalized spacial score (nSPS) is 15.5. The lowest BCUT2D eigenvalue weighted by molar-refractivity contribution is -0.142. The van der Waals surface area contributed by atoms with E-state index in [4.69, 9.17) is 0 Å². The van der Waals surface area contributed by atoms with Gasteiger partial charge in [-0.3, -0.25) is 9.48 Å². The number of piperidine rings is 1. The molecule has 1 aliphatic heterocycles. The van der Waals surface area contributed by atoms with Crippen LogP contribution in [0.5, 0.6) is 0 Å². The van der Waals surface area contributed by atoms with Crippen molar-refractivity contribution in [2.24, 2.45) is 7.05 Å². The average Bonchev–Trinajstić information content (AvgIpc) is 3.26. The van der Waals surface area contributed by atoms with Crippen LogP contribution in [0.2, 0.25) is 0 Å². The largest absolute Gasteiger partial charge is 0.433 e. The number of aryl methyl sites for hydroxylation is 1. The number of aromatic nitrogens is 5. The summed E-state index contributed by atoms with van der Waals surface area (Å²) in [6.07, 6.45) is 1.19. The van der Waals surface area contributed by atoms with Gasteiger partial charge in [0.2, 0.25) is 0 Å². The number of carbonyl (C=O) groups is 1. The molecule has 10 heteroatoms. The van der Waals surface area contributed by atoms with Crippen LogP contribution in [0.3, 0.4) is 0 Å². The van der Waals surface area contributed by atoms with Crippen molar-refractivity contribution in [2.45, 2.75) is 25.4 Å². The number of alkyl halides is 3. The zero-order valence-electron chi connectivity index (χ0n) is 14.6. The van der Waals surface area contributed by atoms with E-state index >= 15 is 0 Å². The van der Waals surface area contributed by atoms with Crippen molar-refractivity contribution >= 4 is 11.6 Å². The molecule has 0 saturated carbocycles. The number of amides is 1. The summed E-state index contributed by atoms with van der Waals surface area (Å²) in [6, 6.07) is 2.23. The van der Waals surface area contributed by atoms with Crippen molar-refractivity contribution in [3.05, 3.63) is 35.9 Å². The first-order valence-corrected chi connectivity index (χ1v) is 8.59. The van der Waals surface area contributed by atoms with Crippen LogP contribution in [0.1, 0.15) is 35.4 Å². The summed E-state index contributed by atoms with van der Waals surface area (Å²) < 4.78 is 42.9. The van der Waals surface area contributed by atoms with Gasteiger partial charge in [0.15, 0.2) is 17.0 Å². The Morgan fingerprint density at radius 3 is 2.52 bits per heavy atom. The highest BCUT2D eigenvalue weighted by Gasteiger charge is 2.36. The van der Waals surface area contributed by atoms with Gasteiger partial charge in [0.05, 0.1) is 11.9 Å². The molecule has 0 spiro atoms. The summed E-state index contributed by atoms with van der Waals surface area (Å²) in [5.41, 5.74) is -0.457. The molecule has 1 amide bonds. The number of carbonyl (C=O) groups excluding carboxylic acids is 1. The second-order valence-corrected chi connectivity index (χ2v) is 6.58. The third-order valence-electron chi connectivity index (χ3n) is 4.58. The molecular weight excluding hydrogens is 361 g/mol. The van der Waals surface area contributed by atoms with Gasteiger partial charge in [-0.25, -0.2) is 9.50 Å². The quantitative estimate of drug-likeness (QED) is 0.688. The Morgan fingerprint density at radius 2 is 1.89 bits per heavy atom. The van der Waals surface area contributed by atoms with Crippen LogP contribution in [-0.2, 0) is 13.2 Å². The third-order valence-corrected chi connectivity index (χ3v) is 4.58. The van der Waals surface area contributed by atoms with E-state index in [9.17, 15) is 18.0 Å². The lowest BCUT2D eigenvalue weighted by Crippen LogP contribution is -2.35. The number of rotatable bonds is 2. The lowest BCUT2D eigenvalue weighted by Gasteiger charge is -2.25. The monoisotopic (exact) mass is 378 g/mol. The van der Waals surface area contributed by atoms with Gasteiger partial charge in [0.25, 0.3) is 5.91 Å². The number of hydrogen-bond donors (Lipinski definition) is 0. The van der Waals surface area contributed by atoms with Gasteiger partial charge in [-0.1, -0.05) is 0 Å². The SMILES string of the molecule is Cn1cc(-c2cc(C(F)(F)F)n3nc(C(=O)N4CCCCC4)cc3n2)cn1. The molecule has 1 saturated heterocycles. The van der Waals surface area contributed by atoms with E-state index in [0.29, 0.717) is 23.2 Å². The first-order valence-electron chi connectivity index (χ1n) is 8.59. The standard InChI is InChI=1S/C17H17F3N6O/c1-24-10-11(9-21-24)12-7-14(17(18,19)20)26-15(22-12)8-13(23-26)16(27)25-5-3-2-4-6-25/h7-10H,2-6H2,1H3. The second kappa shape index (κ2) is 6.36. The molecule has 0 radical (unpaired) electrons. The molecule has 27 heavy (non-hydrogen) atoms. The topological polar surface area (TPSA) is 68.3 Å². The molecule has 3 aromatic rings. The Morgan fingerprint density at radius 1 is 1.15 bits per heavy atom. The Labute approximate surface area is 152 Å². The molecular formula is C17H17F3N6O. The van der Waals surface area contributed by atoms with Crippen molar-refractivity contribution in [3.63, 3.8) is 0 Å². The van der Waals surface area contributed by atoms with Gasteiger partial charge in [-0.15, -0.1) is 0 Å². The molecule has 0 aliphatic carbocycles. The fourth-order valence-electron chi connectivity index (χ4n) is 3.24. The van der Waals surface area contributed by atoms with Gasteiger partial charge >= 0.3 is 6.18 Å². The summed E-state index contributed by atoms with van der Waals surface area (Å²) in [6.45, 7) is 1.18. The van der Waals surface area contributed by atoms with Crippen molar-refractivity contribution in [1.29, 1.82) is 0 Å². The summed E-state index contributed by atoms with van der Waals surface area (Å²) in [4.78, 5) is 18.5. The number of likely N-dealkylation sites (tertiary alicyclic amines) is 1. The van der Waals surface area contributed by atoms with Crippen LogP contribution in [-0.4, -0.2) is 48.3 Å². The van der Waals surface area contributed by atoms with Crippen molar-refractivity contribution in [3.8, 4) is 11.3 Å². The van der Waals surface area contributed by atoms with E-state index in [2.05, 4.69) is 15.2 Å². The minimum atomic E-state index is -4.64. The van der Waals surface area contributed by atoms with E-state index in [0.717, 1.165) is 25.3 Å². The number of nitrogens with zero attached hydrogens (tertiary/aromatic N) is 6. The van der Waals surface area contributed by atoms with Crippen molar-refractivity contribution in [2.75, 3.05) is 13.1 Å². The maximum absolute atomic E-state index is 13.6. The highest BCUT2D eigenvalue weighted by atomic mass is 19.4. The molecule has 0 atom stereocenters. The van der Waals surface area contributed by atoms with Crippen molar-refractivity contribution in [1.82, 2.24) is 29.3 Å². The van der Waals surface area contributed by atoms with E-state index < -0.39 is 11.9 Å². The molecule has 4 rings (SSSR count). The van der Waals surface area contributed by atoms with Gasteiger partial charge in [0.1, 0.15) is 0 Å². The first kappa shape index (κ1) is 17.5. The van der Waals surface area contributed by atoms with Gasteiger partial charge in [0, 0.05) is 38.0 Å². The Bertz CT molecular complexity index is 1000. The average molecular weight is 378 g/mol. The van der Waals surface area contributed by atoms with Gasteiger partial charge < -0.3 is 4.90 Å². The molecule has 0 N–H and O–H groups in total. The zero-order chi connectivity index (χ0) is 19.2. The van der Waals surface area contributed by atoms with E-state index in [-0.39, 0.29) is 22.9 Å². The first-order chi connectivity index (χ1) is 12.8. The predicted molar refractivity (Wildman–Crippen MR) is 89.9 cm³/mol. The van der Waals surface area contributed by atoms with E-state index in [1.54, 1.807) is 18.1 Å². The fraction of sp³-hybridized carbons (Fsp3) is 0.412. The minimum Gasteiger partial charge on any atom is -0.337 e. The molecule has 1 aliphatic rings. The van der Waals surface area contributed by atoms with Crippen LogP contribution >= 0.6 is 0 Å². The maximum atomic E-state index is 13.6. The van der Waals surface area contributed by atoms with Gasteiger partial charge in [-0.2, -0.15) is 23.4 Å². The van der Waals surface area contributed by atoms with Gasteiger partial charge in [-0.05, 0) is 25.3 Å². The van der Waals surface area contributed by atoms with E-state index in [1.807, 2.05) is 0 Å². The summed E-state index contributed by atoms with van der Waals surface area (Å²) in [5, 5.41) is 7.89. The molecule has 4 heterocycles. The molecule has 0 bridgehead atoms. The Hall–Kier alpha value is -2.91. The summed E-state index contributed by atoms with van der Waals surface area (Å²) in [5.74, 6) is -0.365. The predicted octanol–water partition coefficient (Wildman–Crippen LogP) is 2.77. The number of fused-ring (bicyclic) bond motifs is 1.